The Morgan fingerprint density at radius 2 is 2.09 bits per heavy atom. The number of benzene rings is 1. The first-order valence-electron chi connectivity index (χ1n) is 7.04. The Morgan fingerprint density at radius 3 is 2.73 bits per heavy atom. The molecular weight excluding hydrogens is 282 g/mol. The maximum atomic E-state index is 12.1. The fraction of sp³-hybridized carbons (Fsp3) is 0.438. The minimum Gasteiger partial charge on any atom is -0.497 e. The van der Waals surface area contributed by atoms with Gasteiger partial charge >= 0.3 is 0 Å². The van der Waals surface area contributed by atoms with Gasteiger partial charge in [-0.3, -0.25) is 4.79 Å². The van der Waals surface area contributed by atoms with Gasteiger partial charge in [0.15, 0.2) is 0 Å². The van der Waals surface area contributed by atoms with Gasteiger partial charge in [-0.1, -0.05) is 38.1 Å². The van der Waals surface area contributed by atoms with Gasteiger partial charge in [0.2, 0.25) is 17.6 Å². The van der Waals surface area contributed by atoms with Gasteiger partial charge in [0.25, 0.3) is 0 Å². The molecule has 0 saturated carbocycles. The lowest BCUT2D eigenvalue weighted by Crippen LogP contribution is -2.36. The van der Waals surface area contributed by atoms with E-state index in [1.807, 2.05) is 45.0 Å². The van der Waals surface area contributed by atoms with Crippen LogP contribution in [0.3, 0.4) is 0 Å². The van der Waals surface area contributed by atoms with E-state index in [4.69, 9.17) is 9.26 Å². The van der Waals surface area contributed by atoms with Gasteiger partial charge in [-0.05, 0) is 12.1 Å². The summed E-state index contributed by atoms with van der Waals surface area (Å²) in [4.78, 5) is 18.1. The first kappa shape index (κ1) is 16.0. The molecule has 0 N–H and O–H groups in total. The predicted octanol–water partition coefficient (Wildman–Crippen LogP) is 2.75. The number of carbonyl (C=O) groups excluding carboxylic acids is 1. The molecule has 0 atom stereocenters. The zero-order valence-corrected chi connectivity index (χ0v) is 13.6. The molecule has 0 radical (unpaired) electrons. The second-order valence-electron chi connectivity index (χ2n) is 6.15. The van der Waals surface area contributed by atoms with Crippen molar-refractivity contribution in [1.29, 1.82) is 0 Å². The summed E-state index contributed by atoms with van der Waals surface area (Å²) in [5.74, 6) is 1.63. The van der Waals surface area contributed by atoms with Crippen molar-refractivity contribution in [1.82, 2.24) is 15.0 Å². The molecule has 0 fully saturated rings. The summed E-state index contributed by atoms with van der Waals surface area (Å²) in [5.41, 5.74) is 0.365. The van der Waals surface area contributed by atoms with E-state index in [9.17, 15) is 4.79 Å². The highest BCUT2D eigenvalue weighted by atomic mass is 16.5. The Morgan fingerprint density at radius 1 is 1.36 bits per heavy atom. The number of nitrogens with zero attached hydrogens (tertiary/aromatic N) is 3. The number of hydrogen-bond donors (Lipinski definition) is 0. The van der Waals surface area contributed by atoms with E-state index in [1.54, 1.807) is 19.1 Å². The molecule has 2 rings (SSSR count). The molecule has 118 valence electrons. The number of ether oxygens (including phenoxy) is 1. The van der Waals surface area contributed by atoms with Gasteiger partial charge in [-0.2, -0.15) is 4.98 Å². The van der Waals surface area contributed by atoms with Crippen molar-refractivity contribution in [2.75, 3.05) is 14.2 Å². The van der Waals surface area contributed by atoms with Gasteiger partial charge in [0.1, 0.15) is 5.75 Å². The normalized spacial score (nSPS) is 11.3. The molecule has 0 saturated heterocycles. The van der Waals surface area contributed by atoms with Crippen molar-refractivity contribution in [3.05, 3.63) is 30.2 Å². The van der Waals surface area contributed by atoms with Crippen molar-refractivity contribution >= 4 is 5.91 Å². The lowest BCUT2D eigenvalue weighted by atomic mass is 9.95. The maximum absolute atomic E-state index is 12.1. The van der Waals surface area contributed by atoms with Crippen LogP contribution in [0.4, 0.5) is 0 Å². The molecule has 6 heteroatoms. The van der Waals surface area contributed by atoms with E-state index >= 15 is 0 Å². The standard InChI is InChI=1S/C16H21N3O3/c1-16(2,3)15(20)19(4)10-13-17-14(18-22-13)11-7-6-8-12(9-11)21-5/h6-9H,10H2,1-5H3. The van der Waals surface area contributed by atoms with Crippen molar-refractivity contribution < 1.29 is 14.1 Å². The van der Waals surface area contributed by atoms with Crippen molar-refractivity contribution in [3.8, 4) is 17.1 Å². The predicted molar refractivity (Wildman–Crippen MR) is 82.2 cm³/mol. The minimum absolute atomic E-state index is 0.0219. The first-order chi connectivity index (χ1) is 10.3. The number of rotatable bonds is 4. The van der Waals surface area contributed by atoms with Gasteiger partial charge < -0.3 is 14.2 Å². The smallest absolute Gasteiger partial charge is 0.246 e. The Balaban J connectivity index is 2.13. The summed E-state index contributed by atoms with van der Waals surface area (Å²) in [5, 5.41) is 3.96. The van der Waals surface area contributed by atoms with Crippen LogP contribution in [0.15, 0.2) is 28.8 Å². The zero-order valence-electron chi connectivity index (χ0n) is 13.6. The largest absolute Gasteiger partial charge is 0.497 e. The number of carbonyl (C=O) groups is 1. The number of amides is 1. The maximum Gasteiger partial charge on any atom is 0.246 e. The van der Waals surface area contributed by atoms with Crippen LogP contribution < -0.4 is 4.74 Å². The van der Waals surface area contributed by atoms with E-state index in [0.717, 1.165) is 11.3 Å². The fourth-order valence-electron chi connectivity index (χ4n) is 2.05. The molecule has 0 spiro atoms. The van der Waals surface area contributed by atoms with E-state index < -0.39 is 5.41 Å². The molecule has 1 aromatic heterocycles. The third-order valence-corrected chi connectivity index (χ3v) is 3.16. The number of methoxy groups -OCH3 is 1. The molecule has 1 amide bonds. The molecule has 0 unspecified atom stereocenters. The molecule has 0 aliphatic heterocycles. The van der Waals surface area contributed by atoms with Crippen LogP contribution in [0.5, 0.6) is 5.75 Å². The minimum atomic E-state index is -0.440. The van der Waals surface area contributed by atoms with Crippen LogP contribution in [-0.2, 0) is 11.3 Å². The summed E-state index contributed by atoms with van der Waals surface area (Å²) in [6, 6.07) is 7.42. The highest BCUT2D eigenvalue weighted by Gasteiger charge is 2.26. The van der Waals surface area contributed by atoms with E-state index in [-0.39, 0.29) is 12.5 Å². The second kappa shape index (κ2) is 6.17. The molecule has 2 aromatic rings. The molecular formula is C16H21N3O3. The lowest BCUT2D eigenvalue weighted by Gasteiger charge is -2.24. The van der Waals surface area contributed by atoms with E-state index in [1.165, 1.54) is 0 Å². The molecule has 6 nitrogen and oxygen atoms in total. The highest BCUT2D eigenvalue weighted by Crippen LogP contribution is 2.22. The SMILES string of the molecule is COc1cccc(-c2noc(CN(C)C(=O)C(C)(C)C)n2)c1. The van der Waals surface area contributed by atoms with Gasteiger partial charge in [0, 0.05) is 18.0 Å². The summed E-state index contributed by atoms with van der Waals surface area (Å²) in [7, 11) is 3.33. The van der Waals surface area contributed by atoms with Crippen LogP contribution in [-0.4, -0.2) is 35.1 Å². The molecule has 0 aliphatic carbocycles. The summed E-state index contributed by atoms with van der Waals surface area (Å²) in [6.07, 6.45) is 0. The molecule has 0 aliphatic rings. The Hall–Kier alpha value is -2.37. The first-order valence-corrected chi connectivity index (χ1v) is 7.04. The molecule has 1 aromatic carbocycles. The number of hydrogen-bond acceptors (Lipinski definition) is 5. The van der Waals surface area contributed by atoms with Gasteiger partial charge in [0.05, 0.1) is 13.7 Å². The summed E-state index contributed by atoms with van der Waals surface area (Å²) < 4.78 is 10.4. The fourth-order valence-corrected chi connectivity index (χ4v) is 2.05. The lowest BCUT2D eigenvalue weighted by molar-refractivity contribution is -0.138. The van der Waals surface area contributed by atoms with Crippen molar-refractivity contribution in [3.63, 3.8) is 0 Å². The van der Waals surface area contributed by atoms with Crippen molar-refractivity contribution in [2.45, 2.75) is 27.3 Å². The van der Waals surface area contributed by atoms with Gasteiger partial charge in [-0.15, -0.1) is 0 Å². The Labute approximate surface area is 130 Å². The van der Waals surface area contributed by atoms with Crippen LogP contribution in [0.1, 0.15) is 26.7 Å². The topological polar surface area (TPSA) is 68.5 Å². The van der Waals surface area contributed by atoms with Crippen LogP contribution in [0.2, 0.25) is 0 Å². The van der Waals surface area contributed by atoms with Crippen LogP contribution in [0, 0.1) is 5.41 Å². The average molecular weight is 303 g/mol. The third kappa shape index (κ3) is 3.63. The van der Waals surface area contributed by atoms with Crippen LogP contribution in [0.25, 0.3) is 11.4 Å². The van der Waals surface area contributed by atoms with Crippen LogP contribution >= 0.6 is 0 Å². The van der Waals surface area contributed by atoms with E-state index in [2.05, 4.69) is 10.1 Å². The molecule has 0 bridgehead atoms. The summed E-state index contributed by atoms with van der Waals surface area (Å²) >= 11 is 0. The molecule has 1 heterocycles. The second-order valence-corrected chi connectivity index (χ2v) is 6.15. The Kier molecular flexibility index (Phi) is 4.49. The monoisotopic (exact) mass is 303 g/mol. The summed E-state index contributed by atoms with van der Waals surface area (Å²) in [6.45, 7) is 5.91. The van der Waals surface area contributed by atoms with Gasteiger partial charge in [-0.25, -0.2) is 0 Å². The zero-order chi connectivity index (χ0) is 16.3. The highest BCUT2D eigenvalue weighted by molar-refractivity contribution is 5.81. The number of aromatic nitrogens is 2. The molecule has 22 heavy (non-hydrogen) atoms. The quantitative estimate of drug-likeness (QED) is 0.868. The van der Waals surface area contributed by atoms with Crippen molar-refractivity contribution in [2.24, 2.45) is 5.41 Å². The Bertz CT molecular complexity index is 659. The van der Waals surface area contributed by atoms with E-state index in [0.29, 0.717) is 11.7 Å². The third-order valence-electron chi connectivity index (χ3n) is 3.16. The average Bonchev–Trinajstić information content (AvgIpc) is 2.94.